The first kappa shape index (κ1) is 18.2. The highest BCUT2D eigenvalue weighted by Crippen LogP contribution is 2.15. The predicted molar refractivity (Wildman–Crippen MR) is 95.0 cm³/mol. The lowest BCUT2D eigenvalue weighted by Gasteiger charge is -2.14. The molecular formula is C20H20N2O3. The minimum atomic E-state index is -0.953. The molecule has 0 aliphatic carbocycles. The number of nitrogens with one attached hydrogen (secondary N) is 1. The van der Waals surface area contributed by atoms with Crippen LogP contribution in [-0.4, -0.2) is 18.0 Å². The summed E-state index contributed by atoms with van der Waals surface area (Å²) in [4.78, 5) is 24.2. The van der Waals surface area contributed by atoms with Crippen LogP contribution in [0.15, 0.2) is 42.5 Å². The van der Waals surface area contributed by atoms with Gasteiger partial charge in [0.25, 0.3) is 5.91 Å². The molecule has 1 amide bonds. The van der Waals surface area contributed by atoms with Gasteiger partial charge in [-0.2, -0.15) is 5.26 Å². The van der Waals surface area contributed by atoms with Gasteiger partial charge in [0.1, 0.15) is 6.07 Å². The molecule has 1 N–H and O–H groups in total. The number of hydrogen-bond acceptors (Lipinski definition) is 4. The molecule has 128 valence electrons. The Labute approximate surface area is 147 Å². The average molecular weight is 336 g/mol. The van der Waals surface area contributed by atoms with Gasteiger partial charge < -0.3 is 10.1 Å². The molecule has 25 heavy (non-hydrogen) atoms. The summed E-state index contributed by atoms with van der Waals surface area (Å²) in [6, 6.07) is 14.4. The van der Waals surface area contributed by atoms with Crippen molar-refractivity contribution in [3.8, 4) is 6.07 Å². The molecule has 2 aromatic rings. The van der Waals surface area contributed by atoms with Crippen molar-refractivity contribution in [1.82, 2.24) is 0 Å². The van der Waals surface area contributed by atoms with Gasteiger partial charge in [-0.15, -0.1) is 0 Å². The Hall–Kier alpha value is -3.13. The molecule has 0 saturated carbocycles. The maximum Gasteiger partial charge on any atom is 0.311 e. The largest absolute Gasteiger partial charge is 0.452 e. The van der Waals surface area contributed by atoms with Crippen molar-refractivity contribution in [2.75, 3.05) is 5.32 Å². The molecule has 2 rings (SSSR count). The number of amides is 1. The molecular weight excluding hydrogens is 316 g/mol. The van der Waals surface area contributed by atoms with E-state index in [1.54, 1.807) is 24.3 Å². The zero-order valence-corrected chi connectivity index (χ0v) is 14.5. The van der Waals surface area contributed by atoms with E-state index in [4.69, 9.17) is 10.00 Å². The number of rotatable bonds is 5. The first-order valence-electron chi connectivity index (χ1n) is 7.96. The molecule has 0 aliphatic rings. The predicted octanol–water partition coefficient (Wildman–Crippen LogP) is 3.29. The number of aryl methyl sites for hydroxylation is 2. The highest BCUT2D eigenvalue weighted by molar-refractivity contribution is 5.96. The van der Waals surface area contributed by atoms with E-state index in [1.807, 2.05) is 38.1 Å². The smallest absolute Gasteiger partial charge is 0.311 e. The first-order valence-corrected chi connectivity index (χ1v) is 7.96. The van der Waals surface area contributed by atoms with Crippen LogP contribution in [0.3, 0.4) is 0 Å². The summed E-state index contributed by atoms with van der Waals surface area (Å²) >= 11 is 0. The normalized spacial score (nSPS) is 11.3. The minimum absolute atomic E-state index is 0.105. The third kappa shape index (κ3) is 4.92. The second kappa shape index (κ2) is 8.11. The molecule has 0 aliphatic heterocycles. The average Bonchev–Trinajstić information content (AvgIpc) is 2.58. The van der Waals surface area contributed by atoms with Crippen LogP contribution in [0.2, 0.25) is 0 Å². The number of carbonyl (C=O) groups excluding carboxylic acids is 2. The van der Waals surface area contributed by atoms with Gasteiger partial charge in [-0.25, -0.2) is 0 Å². The van der Waals surface area contributed by atoms with Gasteiger partial charge >= 0.3 is 5.97 Å². The second-order valence-electron chi connectivity index (χ2n) is 5.87. The number of para-hydroxylation sites is 1. The number of carbonyl (C=O) groups is 2. The van der Waals surface area contributed by atoms with Crippen molar-refractivity contribution in [3.63, 3.8) is 0 Å². The number of nitriles is 1. The van der Waals surface area contributed by atoms with Crippen LogP contribution >= 0.6 is 0 Å². The standard InChI is InChI=1S/C20H20N2O3/c1-13-8-9-16(10-14(13)2)11-19(23)25-15(3)20(24)22-18-7-5-4-6-17(18)12-21/h4-10,15H,11H2,1-3H3,(H,22,24)/t15-/m1/s1. The maximum atomic E-state index is 12.2. The Morgan fingerprint density at radius 2 is 1.88 bits per heavy atom. The molecule has 0 heterocycles. The van der Waals surface area contributed by atoms with Crippen molar-refractivity contribution in [1.29, 1.82) is 5.26 Å². The van der Waals surface area contributed by atoms with Gasteiger partial charge in [0.15, 0.2) is 6.10 Å². The molecule has 0 bridgehead atoms. The lowest BCUT2D eigenvalue weighted by molar-refractivity contribution is -0.152. The second-order valence-corrected chi connectivity index (χ2v) is 5.87. The number of anilines is 1. The fraction of sp³-hybridized carbons (Fsp3) is 0.250. The number of nitrogens with zero attached hydrogens (tertiary/aromatic N) is 1. The molecule has 5 nitrogen and oxygen atoms in total. The highest BCUT2D eigenvalue weighted by atomic mass is 16.5. The van der Waals surface area contributed by atoms with Crippen molar-refractivity contribution in [3.05, 3.63) is 64.7 Å². The number of benzene rings is 2. The first-order chi connectivity index (χ1) is 11.9. The third-order valence-electron chi connectivity index (χ3n) is 3.90. The molecule has 5 heteroatoms. The molecule has 1 atom stereocenters. The zero-order chi connectivity index (χ0) is 18.4. The van der Waals surface area contributed by atoms with Gasteiger partial charge in [0, 0.05) is 0 Å². The Morgan fingerprint density at radius 1 is 1.16 bits per heavy atom. The van der Waals surface area contributed by atoms with E-state index in [0.717, 1.165) is 16.7 Å². The van der Waals surface area contributed by atoms with Gasteiger partial charge in [-0.3, -0.25) is 9.59 Å². The minimum Gasteiger partial charge on any atom is -0.452 e. The van der Waals surface area contributed by atoms with Crippen LogP contribution in [0.25, 0.3) is 0 Å². The Bertz CT molecular complexity index is 837. The Balaban J connectivity index is 1.95. The van der Waals surface area contributed by atoms with E-state index in [0.29, 0.717) is 11.3 Å². The molecule has 0 radical (unpaired) electrons. The van der Waals surface area contributed by atoms with Crippen LogP contribution in [0.5, 0.6) is 0 Å². The summed E-state index contributed by atoms with van der Waals surface area (Å²) in [6.45, 7) is 5.48. The molecule has 2 aromatic carbocycles. The van der Waals surface area contributed by atoms with Crippen LogP contribution < -0.4 is 5.32 Å². The summed E-state index contributed by atoms with van der Waals surface area (Å²) in [5, 5.41) is 11.6. The molecule has 0 saturated heterocycles. The van der Waals surface area contributed by atoms with Gasteiger partial charge in [-0.05, 0) is 49.6 Å². The van der Waals surface area contributed by atoms with Crippen molar-refractivity contribution >= 4 is 17.6 Å². The summed E-state index contributed by atoms with van der Waals surface area (Å²) < 4.78 is 5.20. The van der Waals surface area contributed by atoms with E-state index >= 15 is 0 Å². The quantitative estimate of drug-likeness (QED) is 0.850. The zero-order valence-electron chi connectivity index (χ0n) is 14.5. The van der Waals surface area contributed by atoms with Crippen LogP contribution in [0.1, 0.15) is 29.2 Å². The highest BCUT2D eigenvalue weighted by Gasteiger charge is 2.19. The van der Waals surface area contributed by atoms with E-state index in [2.05, 4.69) is 5.32 Å². The van der Waals surface area contributed by atoms with Crippen LogP contribution in [0.4, 0.5) is 5.69 Å². The lowest BCUT2D eigenvalue weighted by atomic mass is 10.0. The topological polar surface area (TPSA) is 79.2 Å². The summed E-state index contributed by atoms with van der Waals surface area (Å²) in [5.74, 6) is -0.949. The molecule has 0 fully saturated rings. The summed E-state index contributed by atoms with van der Waals surface area (Å²) in [7, 11) is 0. The van der Waals surface area contributed by atoms with Crippen LogP contribution in [-0.2, 0) is 20.7 Å². The van der Waals surface area contributed by atoms with E-state index < -0.39 is 18.0 Å². The Morgan fingerprint density at radius 3 is 2.56 bits per heavy atom. The number of esters is 1. The fourth-order valence-corrected chi connectivity index (χ4v) is 2.30. The molecule has 0 aromatic heterocycles. The van der Waals surface area contributed by atoms with Crippen molar-refractivity contribution in [2.45, 2.75) is 33.3 Å². The van der Waals surface area contributed by atoms with Gasteiger partial charge in [0.05, 0.1) is 17.7 Å². The SMILES string of the molecule is Cc1ccc(CC(=O)O[C@H](C)C(=O)Nc2ccccc2C#N)cc1C. The summed E-state index contributed by atoms with van der Waals surface area (Å²) in [5.41, 5.74) is 3.84. The van der Waals surface area contributed by atoms with E-state index in [9.17, 15) is 9.59 Å². The Kier molecular flexibility index (Phi) is 5.91. The summed E-state index contributed by atoms with van der Waals surface area (Å²) in [6.07, 6.45) is -0.848. The fourth-order valence-electron chi connectivity index (χ4n) is 2.30. The molecule has 0 spiro atoms. The van der Waals surface area contributed by atoms with Crippen molar-refractivity contribution < 1.29 is 14.3 Å². The van der Waals surface area contributed by atoms with Crippen molar-refractivity contribution in [2.24, 2.45) is 0 Å². The van der Waals surface area contributed by atoms with Crippen LogP contribution in [0, 0.1) is 25.2 Å². The van der Waals surface area contributed by atoms with E-state index in [-0.39, 0.29) is 6.42 Å². The third-order valence-corrected chi connectivity index (χ3v) is 3.90. The monoisotopic (exact) mass is 336 g/mol. The maximum absolute atomic E-state index is 12.2. The van der Waals surface area contributed by atoms with E-state index in [1.165, 1.54) is 6.92 Å². The van der Waals surface area contributed by atoms with Gasteiger partial charge in [-0.1, -0.05) is 30.3 Å². The lowest BCUT2D eigenvalue weighted by Crippen LogP contribution is -2.30. The number of hydrogen-bond donors (Lipinski definition) is 1. The van der Waals surface area contributed by atoms with Gasteiger partial charge in [0.2, 0.25) is 0 Å². The number of ether oxygens (including phenoxy) is 1. The molecule has 0 unspecified atom stereocenters.